The number of terminal acetylenes is 1. The summed E-state index contributed by atoms with van der Waals surface area (Å²) in [5.41, 5.74) is 0. The van der Waals surface area contributed by atoms with Crippen molar-refractivity contribution in [1.29, 1.82) is 0 Å². The average Bonchev–Trinajstić information content (AvgIpc) is 2.34. The van der Waals surface area contributed by atoms with Crippen LogP contribution in [0.1, 0.15) is 19.3 Å². The third-order valence-corrected chi connectivity index (χ3v) is 2.18. The van der Waals surface area contributed by atoms with Crippen molar-refractivity contribution in [2.45, 2.75) is 19.3 Å². The van der Waals surface area contributed by atoms with Crippen molar-refractivity contribution in [3.63, 3.8) is 0 Å². The summed E-state index contributed by atoms with van der Waals surface area (Å²) in [6.45, 7) is 2.74. The van der Waals surface area contributed by atoms with Crippen LogP contribution in [-0.2, 0) is 0 Å². The lowest BCUT2D eigenvalue weighted by atomic mass is 10.3. The first kappa shape index (κ1) is 12.6. The second-order valence-electron chi connectivity index (χ2n) is 3.57. The highest BCUT2D eigenvalue weighted by Gasteiger charge is 1.91. The Kier molecular flexibility index (Phi) is 6.95. The highest BCUT2D eigenvalue weighted by molar-refractivity contribution is 5.20. The van der Waals surface area contributed by atoms with Crippen LogP contribution in [-0.4, -0.2) is 19.7 Å². The van der Waals surface area contributed by atoms with Crippen LogP contribution < -0.4 is 10.1 Å². The molecule has 2 nitrogen and oxygen atoms in total. The lowest BCUT2D eigenvalue weighted by Crippen LogP contribution is -2.18. The Balaban J connectivity index is 1.91. The van der Waals surface area contributed by atoms with Crippen molar-refractivity contribution < 1.29 is 4.74 Å². The summed E-state index contributed by atoms with van der Waals surface area (Å²) in [5.74, 6) is 3.57. The molecule has 0 heterocycles. The molecule has 16 heavy (non-hydrogen) atoms. The molecule has 1 rings (SSSR count). The van der Waals surface area contributed by atoms with E-state index in [2.05, 4.69) is 11.2 Å². The molecule has 0 unspecified atom stereocenters. The highest BCUT2D eigenvalue weighted by atomic mass is 16.5. The van der Waals surface area contributed by atoms with E-state index in [1.165, 1.54) is 0 Å². The van der Waals surface area contributed by atoms with Gasteiger partial charge in [0.15, 0.2) is 0 Å². The van der Waals surface area contributed by atoms with E-state index in [-0.39, 0.29) is 0 Å². The minimum absolute atomic E-state index is 0.756. The molecule has 0 amide bonds. The third kappa shape index (κ3) is 6.10. The predicted octanol–water partition coefficient (Wildman–Crippen LogP) is 2.46. The Morgan fingerprint density at radius 3 is 2.62 bits per heavy atom. The molecule has 0 saturated heterocycles. The topological polar surface area (TPSA) is 21.3 Å². The SMILES string of the molecule is C#CCCCNCCCOc1ccccc1. The molecule has 1 aromatic rings. The number of para-hydroxylation sites is 1. The van der Waals surface area contributed by atoms with Crippen LogP contribution in [0.4, 0.5) is 0 Å². The van der Waals surface area contributed by atoms with E-state index in [0.29, 0.717) is 0 Å². The second kappa shape index (κ2) is 8.82. The van der Waals surface area contributed by atoms with Gasteiger partial charge in [-0.3, -0.25) is 0 Å². The molecule has 0 bridgehead atoms. The first-order valence-electron chi connectivity index (χ1n) is 5.75. The van der Waals surface area contributed by atoms with E-state index in [0.717, 1.165) is 44.7 Å². The van der Waals surface area contributed by atoms with Gasteiger partial charge in [-0.25, -0.2) is 0 Å². The Bertz CT molecular complexity index is 302. The molecular formula is C14H19NO. The van der Waals surface area contributed by atoms with Crippen LogP contribution in [0.5, 0.6) is 5.75 Å². The van der Waals surface area contributed by atoms with Crippen molar-refractivity contribution in [2.75, 3.05) is 19.7 Å². The van der Waals surface area contributed by atoms with Crippen LogP contribution in [0.15, 0.2) is 30.3 Å². The Hall–Kier alpha value is -1.46. The van der Waals surface area contributed by atoms with Crippen LogP contribution >= 0.6 is 0 Å². The summed E-state index contributed by atoms with van der Waals surface area (Å²) in [7, 11) is 0. The minimum Gasteiger partial charge on any atom is -0.494 e. The van der Waals surface area contributed by atoms with Gasteiger partial charge < -0.3 is 10.1 Å². The van der Waals surface area contributed by atoms with Crippen molar-refractivity contribution in [3.8, 4) is 18.1 Å². The summed E-state index contributed by atoms with van der Waals surface area (Å²) < 4.78 is 5.56. The van der Waals surface area contributed by atoms with E-state index >= 15 is 0 Å². The molecule has 0 radical (unpaired) electrons. The van der Waals surface area contributed by atoms with Gasteiger partial charge in [0, 0.05) is 6.42 Å². The van der Waals surface area contributed by atoms with Gasteiger partial charge in [-0.1, -0.05) is 18.2 Å². The maximum atomic E-state index is 5.56. The van der Waals surface area contributed by atoms with Crippen LogP contribution in [0.2, 0.25) is 0 Å². The number of ether oxygens (including phenoxy) is 1. The zero-order valence-electron chi connectivity index (χ0n) is 9.61. The van der Waals surface area contributed by atoms with Gasteiger partial charge in [-0.15, -0.1) is 12.3 Å². The van der Waals surface area contributed by atoms with Crippen molar-refractivity contribution in [2.24, 2.45) is 0 Å². The van der Waals surface area contributed by atoms with Gasteiger partial charge in [0.1, 0.15) is 5.75 Å². The molecule has 0 fully saturated rings. The van der Waals surface area contributed by atoms with E-state index in [1.807, 2.05) is 30.3 Å². The van der Waals surface area contributed by atoms with E-state index < -0.39 is 0 Å². The fraction of sp³-hybridized carbons (Fsp3) is 0.429. The molecule has 0 atom stereocenters. The Morgan fingerprint density at radius 2 is 1.88 bits per heavy atom. The number of nitrogens with one attached hydrogen (secondary N) is 1. The van der Waals surface area contributed by atoms with Gasteiger partial charge in [-0.2, -0.15) is 0 Å². The summed E-state index contributed by atoms with van der Waals surface area (Å²) in [6.07, 6.45) is 8.08. The van der Waals surface area contributed by atoms with Crippen molar-refractivity contribution >= 4 is 0 Å². The normalized spacial score (nSPS) is 9.69. The Morgan fingerprint density at radius 1 is 1.12 bits per heavy atom. The molecular weight excluding hydrogens is 198 g/mol. The molecule has 0 aromatic heterocycles. The molecule has 0 aliphatic rings. The molecule has 86 valence electrons. The fourth-order valence-electron chi connectivity index (χ4n) is 1.34. The largest absolute Gasteiger partial charge is 0.494 e. The van der Waals surface area contributed by atoms with Gasteiger partial charge >= 0.3 is 0 Å². The number of benzene rings is 1. The molecule has 1 aromatic carbocycles. The number of rotatable bonds is 8. The van der Waals surface area contributed by atoms with Crippen LogP contribution in [0, 0.1) is 12.3 Å². The van der Waals surface area contributed by atoms with Crippen LogP contribution in [0.25, 0.3) is 0 Å². The number of hydrogen-bond acceptors (Lipinski definition) is 2. The molecule has 0 saturated carbocycles. The minimum atomic E-state index is 0.756. The van der Waals surface area contributed by atoms with Crippen molar-refractivity contribution in [3.05, 3.63) is 30.3 Å². The van der Waals surface area contributed by atoms with E-state index in [1.54, 1.807) is 0 Å². The first-order valence-corrected chi connectivity index (χ1v) is 5.75. The van der Waals surface area contributed by atoms with E-state index in [4.69, 9.17) is 11.2 Å². The summed E-state index contributed by atoms with van der Waals surface area (Å²) in [5, 5.41) is 3.33. The average molecular weight is 217 g/mol. The zero-order valence-corrected chi connectivity index (χ0v) is 9.61. The molecule has 0 spiro atoms. The van der Waals surface area contributed by atoms with E-state index in [9.17, 15) is 0 Å². The molecule has 0 aliphatic carbocycles. The fourth-order valence-corrected chi connectivity index (χ4v) is 1.34. The lowest BCUT2D eigenvalue weighted by molar-refractivity contribution is 0.308. The standard InChI is InChI=1S/C14H19NO/c1-2-3-7-11-15-12-8-13-16-14-9-5-4-6-10-14/h1,4-6,9-10,15H,3,7-8,11-13H2. The second-order valence-corrected chi connectivity index (χ2v) is 3.57. The number of unbranched alkanes of at least 4 members (excludes halogenated alkanes) is 1. The zero-order chi connectivity index (χ0) is 11.5. The Labute approximate surface area is 98.0 Å². The monoisotopic (exact) mass is 217 g/mol. The van der Waals surface area contributed by atoms with Gasteiger partial charge in [0.25, 0.3) is 0 Å². The summed E-state index contributed by atoms with van der Waals surface area (Å²) >= 11 is 0. The van der Waals surface area contributed by atoms with Gasteiger partial charge in [-0.05, 0) is 38.1 Å². The van der Waals surface area contributed by atoms with Crippen molar-refractivity contribution in [1.82, 2.24) is 5.32 Å². The predicted molar refractivity (Wildman–Crippen MR) is 67.5 cm³/mol. The smallest absolute Gasteiger partial charge is 0.119 e. The van der Waals surface area contributed by atoms with Gasteiger partial charge in [0.05, 0.1) is 6.61 Å². The molecule has 0 aliphatic heterocycles. The maximum absolute atomic E-state index is 5.56. The van der Waals surface area contributed by atoms with Gasteiger partial charge in [0.2, 0.25) is 0 Å². The number of hydrogen-bond donors (Lipinski definition) is 1. The van der Waals surface area contributed by atoms with Crippen LogP contribution in [0.3, 0.4) is 0 Å². The summed E-state index contributed by atoms with van der Waals surface area (Å²) in [4.78, 5) is 0. The molecule has 1 N–H and O–H groups in total. The highest BCUT2D eigenvalue weighted by Crippen LogP contribution is 2.07. The summed E-state index contributed by atoms with van der Waals surface area (Å²) in [6, 6.07) is 9.89. The maximum Gasteiger partial charge on any atom is 0.119 e. The molecule has 2 heteroatoms. The first-order chi connectivity index (χ1) is 7.93. The lowest BCUT2D eigenvalue weighted by Gasteiger charge is -2.06. The quantitative estimate of drug-likeness (QED) is 0.533. The third-order valence-electron chi connectivity index (χ3n) is 2.18.